The minimum atomic E-state index is -0.603. The molecule has 28 heavy (non-hydrogen) atoms. The number of nitrogens with one attached hydrogen (secondary N) is 1. The van der Waals surface area contributed by atoms with Crippen molar-refractivity contribution in [1.29, 1.82) is 0 Å². The third-order valence-corrected chi connectivity index (χ3v) is 4.64. The predicted octanol–water partition coefficient (Wildman–Crippen LogP) is 2.78. The zero-order valence-electron chi connectivity index (χ0n) is 15.7. The lowest BCUT2D eigenvalue weighted by Gasteiger charge is -2.20. The molecule has 1 aliphatic rings. The molecule has 1 N–H and O–H groups in total. The molecular weight excluding hydrogens is 365 g/mol. The summed E-state index contributed by atoms with van der Waals surface area (Å²) in [7, 11) is 1.62. The molecule has 1 aliphatic heterocycles. The topological polar surface area (TPSA) is 83.2 Å². The Bertz CT molecular complexity index is 1130. The standard InChI is InChI=1S/C19H20FN5O3/c1-11-8-15-16(28-7-6-27-15)9-13(11)22-18-21-10-14-17(23-18)25(12(2)4-5-20)19(26)24(14)3/h8-10H,2,4-7H2,1,3H3,(H,21,22,23). The van der Waals surface area contributed by atoms with E-state index in [9.17, 15) is 9.18 Å². The SMILES string of the molecule is C=C(CCF)n1c(=O)n(C)c2cnc(Nc3cc4c(cc3C)OCCO4)nc21. The molecule has 4 rings (SSSR count). The fourth-order valence-corrected chi connectivity index (χ4v) is 3.12. The molecule has 0 aliphatic carbocycles. The molecule has 1 aromatic carbocycles. The molecule has 0 saturated carbocycles. The summed E-state index contributed by atoms with van der Waals surface area (Å²) in [6, 6.07) is 3.72. The van der Waals surface area contributed by atoms with Crippen molar-refractivity contribution in [2.24, 2.45) is 7.05 Å². The summed E-state index contributed by atoms with van der Waals surface area (Å²) in [6.07, 6.45) is 1.60. The number of fused-ring (bicyclic) bond motifs is 2. The van der Waals surface area contributed by atoms with Crippen molar-refractivity contribution in [3.05, 3.63) is 41.0 Å². The number of benzene rings is 1. The minimum Gasteiger partial charge on any atom is -0.486 e. The fraction of sp³-hybridized carbons (Fsp3) is 0.316. The van der Waals surface area contributed by atoms with Crippen LogP contribution in [0.4, 0.5) is 16.0 Å². The van der Waals surface area contributed by atoms with E-state index < -0.39 is 6.67 Å². The largest absolute Gasteiger partial charge is 0.486 e. The third-order valence-electron chi connectivity index (χ3n) is 4.64. The molecule has 0 amide bonds. The number of aromatic nitrogens is 4. The summed E-state index contributed by atoms with van der Waals surface area (Å²) in [6.45, 7) is 6.15. The van der Waals surface area contributed by atoms with Crippen LogP contribution in [0.2, 0.25) is 0 Å². The van der Waals surface area contributed by atoms with E-state index in [1.54, 1.807) is 13.2 Å². The Kier molecular flexibility index (Phi) is 4.50. The molecule has 0 spiro atoms. The molecule has 3 heterocycles. The summed E-state index contributed by atoms with van der Waals surface area (Å²) in [5.41, 5.74) is 2.61. The second-order valence-electron chi connectivity index (χ2n) is 6.52. The van der Waals surface area contributed by atoms with Gasteiger partial charge in [0.1, 0.15) is 18.7 Å². The van der Waals surface area contributed by atoms with Crippen LogP contribution in [0.25, 0.3) is 16.9 Å². The summed E-state index contributed by atoms with van der Waals surface area (Å²) in [4.78, 5) is 21.3. The monoisotopic (exact) mass is 385 g/mol. The van der Waals surface area contributed by atoms with Crippen LogP contribution >= 0.6 is 0 Å². The summed E-state index contributed by atoms with van der Waals surface area (Å²) < 4.78 is 26.7. The van der Waals surface area contributed by atoms with Gasteiger partial charge in [-0.3, -0.25) is 8.96 Å². The number of hydrogen-bond acceptors (Lipinski definition) is 6. The van der Waals surface area contributed by atoms with Crippen LogP contribution in [0, 0.1) is 6.92 Å². The van der Waals surface area contributed by atoms with Crippen LogP contribution in [0.1, 0.15) is 12.0 Å². The van der Waals surface area contributed by atoms with E-state index in [2.05, 4.69) is 21.9 Å². The molecule has 0 fully saturated rings. The Morgan fingerprint density at radius 1 is 1.32 bits per heavy atom. The summed E-state index contributed by atoms with van der Waals surface area (Å²) in [5, 5.41) is 3.16. The number of imidazole rings is 1. The van der Waals surface area contributed by atoms with Gasteiger partial charge in [-0.25, -0.2) is 14.3 Å². The van der Waals surface area contributed by atoms with Crippen molar-refractivity contribution >= 4 is 28.5 Å². The highest BCUT2D eigenvalue weighted by molar-refractivity contribution is 5.77. The number of nitrogens with zero attached hydrogens (tertiary/aromatic N) is 4. The van der Waals surface area contributed by atoms with Gasteiger partial charge in [-0.05, 0) is 18.6 Å². The molecule has 0 radical (unpaired) electrons. The van der Waals surface area contributed by atoms with E-state index in [0.717, 1.165) is 11.3 Å². The summed E-state index contributed by atoms with van der Waals surface area (Å²) in [5.74, 6) is 1.65. The Morgan fingerprint density at radius 3 is 2.75 bits per heavy atom. The molecule has 2 aromatic heterocycles. The maximum absolute atomic E-state index is 12.8. The number of allylic oxidation sites excluding steroid dienone is 1. The first-order chi connectivity index (χ1) is 13.5. The maximum atomic E-state index is 12.8. The average molecular weight is 385 g/mol. The lowest BCUT2D eigenvalue weighted by atomic mass is 10.1. The zero-order valence-corrected chi connectivity index (χ0v) is 15.7. The van der Waals surface area contributed by atoms with Crippen molar-refractivity contribution in [3.63, 3.8) is 0 Å². The van der Waals surface area contributed by atoms with Crippen LogP contribution in [0.5, 0.6) is 11.5 Å². The normalized spacial score (nSPS) is 13.0. The molecule has 0 bridgehead atoms. The zero-order chi connectivity index (χ0) is 19.8. The highest BCUT2D eigenvalue weighted by Crippen LogP contribution is 2.36. The van der Waals surface area contributed by atoms with Crippen LogP contribution in [0.3, 0.4) is 0 Å². The smallest absolute Gasteiger partial charge is 0.334 e. The Balaban J connectivity index is 1.75. The molecule has 0 atom stereocenters. The number of alkyl halides is 1. The quantitative estimate of drug-likeness (QED) is 0.727. The van der Waals surface area contributed by atoms with Gasteiger partial charge in [0.2, 0.25) is 5.95 Å². The molecule has 9 heteroatoms. The van der Waals surface area contributed by atoms with E-state index in [-0.39, 0.29) is 12.1 Å². The minimum absolute atomic E-state index is 0.0487. The predicted molar refractivity (Wildman–Crippen MR) is 104 cm³/mol. The van der Waals surface area contributed by atoms with Crippen LogP contribution < -0.4 is 20.5 Å². The molecular formula is C19H20FN5O3. The van der Waals surface area contributed by atoms with Gasteiger partial charge in [0, 0.05) is 30.9 Å². The number of hydrogen-bond donors (Lipinski definition) is 1. The van der Waals surface area contributed by atoms with E-state index in [4.69, 9.17) is 9.47 Å². The van der Waals surface area contributed by atoms with Crippen molar-refractivity contribution in [1.82, 2.24) is 19.1 Å². The third kappa shape index (κ3) is 2.98. The van der Waals surface area contributed by atoms with Crippen molar-refractivity contribution < 1.29 is 13.9 Å². The Morgan fingerprint density at radius 2 is 2.04 bits per heavy atom. The first-order valence-corrected chi connectivity index (χ1v) is 8.85. The van der Waals surface area contributed by atoms with E-state index in [0.29, 0.717) is 47.5 Å². The lowest BCUT2D eigenvalue weighted by molar-refractivity contribution is 0.171. The average Bonchev–Trinajstić information content (AvgIpc) is 2.93. The fourth-order valence-electron chi connectivity index (χ4n) is 3.12. The number of rotatable bonds is 5. The number of aryl methyl sites for hydroxylation is 2. The second-order valence-corrected chi connectivity index (χ2v) is 6.52. The highest BCUT2D eigenvalue weighted by Gasteiger charge is 2.18. The number of ether oxygens (including phenoxy) is 2. The second kappa shape index (κ2) is 6.99. The number of anilines is 2. The molecule has 0 unspecified atom stereocenters. The summed E-state index contributed by atoms with van der Waals surface area (Å²) >= 11 is 0. The molecule has 8 nitrogen and oxygen atoms in total. The number of halogens is 1. The van der Waals surface area contributed by atoms with Crippen LogP contribution in [0.15, 0.2) is 29.7 Å². The van der Waals surface area contributed by atoms with Crippen LogP contribution in [-0.4, -0.2) is 39.0 Å². The van der Waals surface area contributed by atoms with Gasteiger partial charge in [-0.2, -0.15) is 4.98 Å². The van der Waals surface area contributed by atoms with Gasteiger partial charge in [-0.1, -0.05) is 6.58 Å². The van der Waals surface area contributed by atoms with Gasteiger partial charge in [0.05, 0.1) is 12.9 Å². The van der Waals surface area contributed by atoms with Gasteiger partial charge in [-0.15, -0.1) is 0 Å². The molecule has 3 aromatic rings. The van der Waals surface area contributed by atoms with Crippen LogP contribution in [-0.2, 0) is 7.05 Å². The van der Waals surface area contributed by atoms with Gasteiger partial charge in [0.25, 0.3) is 0 Å². The van der Waals surface area contributed by atoms with E-state index in [1.807, 2.05) is 19.1 Å². The highest BCUT2D eigenvalue weighted by atomic mass is 19.1. The van der Waals surface area contributed by atoms with Gasteiger partial charge in [0.15, 0.2) is 17.1 Å². The van der Waals surface area contributed by atoms with E-state index in [1.165, 1.54) is 9.13 Å². The Labute approximate surface area is 160 Å². The molecule has 146 valence electrons. The lowest BCUT2D eigenvalue weighted by Crippen LogP contribution is -2.21. The maximum Gasteiger partial charge on any atom is 0.334 e. The first kappa shape index (κ1) is 18.0. The van der Waals surface area contributed by atoms with Crippen molar-refractivity contribution in [2.75, 3.05) is 25.2 Å². The van der Waals surface area contributed by atoms with Crippen molar-refractivity contribution in [3.8, 4) is 11.5 Å². The van der Waals surface area contributed by atoms with Gasteiger partial charge >= 0.3 is 5.69 Å². The Hall–Kier alpha value is -3.36. The van der Waals surface area contributed by atoms with Crippen molar-refractivity contribution in [2.45, 2.75) is 13.3 Å². The van der Waals surface area contributed by atoms with Gasteiger partial charge < -0.3 is 14.8 Å². The first-order valence-electron chi connectivity index (χ1n) is 8.85. The van der Waals surface area contributed by atoms with E-state index >= 15 is 0 Å². The molecule has 0 saturated heterocycles.